The first-order valence-corrected chi connectivity index (χ1v) is 6.21. The number of esters is 1. The number of nitrogens with two attached hydrogens (primary N) is 1. The van der Waals surface area contributed by atoms with E-state index in [4.69, 9.17) is 10.5 Å². The second-order valence-corrected chi connectivity index (χ2v) is 4.67. The van der Waals surface area contributed by atoms with E-state index in [1.165, 1.54) is 19.2 Å². The normalized spacial score (nSPS) is 13.7. The maximum absolute atomic E-state index is 12.9. The van der Waals surface area contributed by atoms with Crippen LogP contribution in [-0.4, -0.2) is 25.2 Å². The van der Waals surface area contributed by atoms with Gasteiger partial charge in [0.05, 0.1) is 13.7 Å². The molecule has 0 radical (unpaired) electrons. The molecule has 1 rings (SSSR count). The summed E-state index contributed by atoms with van der Waals surface area (Å²) in [6, 6.07) is 5.99. The van der Waals surface area contributed by atoms with Crippen LogP contribution in [0.15, 0.2) is 24.3 Å². The molecule has 0 bridgehead atoms. The van der Waals surface area contributed by atoms with E-state index in [2.05, 4.69) is 4.74 Å². The van der Waals surface area contributed by atoms with Crippen LogP contribution in [0, 0.1) is 5.82 Å². The van der Waals surface area contributed by atoms with Crippen molar-refractivity contribution >= 4 is 5.97 Å². The third kappa shape index (κ3) is 5.26. The first kappa shape index (κ1) is 15.4. The predicted molar refractivity (Wildman–Crippen MR) is 70.4 cm³/mol. The summed E-state index contributed by atoms with van der Waals surface area (Å²) < 4.78 is 22.9. The Morgan fingerprint density at radius 3 is 2.79 bits per heavy atom. The third-order valence-electron chi connectivity index (χ3n) is 2.81. The van der Waals surface area contributed by atoms with Gasteiger partial charge in [-0.15, -0.1) is 0 Å². The predicted octanol–water partition coefficient (Wildman–Crippen LogP) is 2.27. The molecule has 0 aliphatic heterocycles. The summed E-state index contributed by atoms with van der Waals surface area (Å²) in [4.78, 5) is 11.3. The van der Waals surface area contributed by atoms with Crippen molar-refractivity contribution in [3.63, 3.8) is 0 Å². The van der Waals surface area contributed by atoms with Gasteiger partial charge in [-0.05, 0) is 38.3 Å². The highest BCUT2D eigenvalue weighted by Gasteiger charge is 2.28. The molecule has 5 heteroatoms. The number of carbonyl (C=O) groups excluding carboxylic acids is 1. The molecule has 0 amide bonds. The molecule has 0 aliphatic rings. The Balaban J connectivity index is 2.23. The van der Waals surface area contributed by atoms with Crippen molar-refractivity contribution in [3.8, 4) is 5.75 Å². The summed E-state index contributed by atoms with van der Waals surface area (Å²) in [5.74, 6) is -0.236. The summed E-state index contributed by atoms with van der Waals surface area (Å²) in [5, 5.41) is 0. The molecular weight excluding hydrogens is 249 g/mol. The molecule has 0 aromatic heterocycles. The van der Waals surface area contributed by atoms with Crippen molar-refractivity contribution < 1.29 is 18.7 Å². The Labute approximate surface area is 112 Å². The fourth-order valence-electron chi connectivity index (χ4n) is 1.68. The second-order valence-electron chi connectivity index (χ2n) is 4.67. The quantitative estimate of drug-likeness (QED) is 0.609. The Morgan fingerprint density at radius 2 is 2.16 bits per heavy atom. The summed E-state index contributed by atoms with van der Waals surface area (Å²) in [7, 11) is 1.32. The van der Waals surface area contributed by atoms with Gasteiger partial charge in [0.2, 0.25) is 0 Å². The lowest BCUT2D eigenvalue weighted by Gasteiger charge is -2.21. The van der Waals surface area contributed by atoms with Gasteiger partial charge >= 0.3 is 5.97 Å². The van der Waals surface area contributed by atoms with Crippen molar-refractivity contribution in [2.45, 2.75) is 31.7 Å². The highest BCUT2D eigenvalue weighted by atomic mass is 19.1. The molecule has 0 spiro atoms. The van der Waals surface area contributed by atoms with Gasteiger partial charge in [-0.2, -0.15) is 0 Å². The zero-order chi connectivity index (χ0) is 14.3. The van der Waals surface area contributed by atoms with E-state index in [0.717, 1.165) is 12.8 Å². The van der Waals surface area contributed by atoms with E-state index in [1.54, 1.807) is 19.1 Å². The molecule has 0 saturated carbocycles. The van der Waals surface area contributed by atoms with Gasteiger partial charge in [0.1, 0.15) is 17.1 Å². The number of ether oxygens (including phenoxy) is 2. The number of hydrogen-bond acceptors (Lipinski definition) is 4. The Morgan fingerprint density at radius 1 is 1.42 bits per heavy atom. The van der Waals surface area contributed by atoms with Crippen LogP contribution in [0.2, 0.25) is 0 Å². The zero-order valence-electron chi connectivity index (χ0n) is 11.3. The zero-order valence-corrected chi connectivity index (χ0v) is 11.3. The average Bonchev–Trinajstić information content (AvgIpc) is 2.37. The molecule has 1 unspecified atom stereocenters. The number of methoxy groups -OCH3 is 1. The van der Waals surface area contributed by atoms with Crippen molar-refractivity contribution in [1.82, 2.24) is 0 Å². The Hall–Kier alpha value is -1.62. The first-order chi connectivity index (χ1) is 8.95. The van der Waals surface area contributed by atoms with Crippen LogP contribution in [0.1, 0.15) is 26.2 Å². The lowest BCUT2D eigenvalue weighted by atomic mass is 9.96. The van der Waals surface area contributed by atoms with Crippen molar-refractivity contribution in [1.29, 1.82) is 0 Å². The summed E-state index contributed by atoms with van der Waals surface area (Å²) >= 11 is 0. The molecule has 2 N–H and O–H groups in total. The van der Waals surface area contributed by atoms with E-state index in [9.17, 15) is 9.18 Å². The van der Waals surface area contributed by atoms with Crippen LogP contribution in [0.4, 0.5) is 4.39 Å². The molecule has 4 nitrogen and oxygen atoms in total. The average molecular weight is 269 g/mol. The lowest BCUT2D eigenvalue weighted by Crippen LogP contribution is -2.45. The van der Waals surface area contributed by atoms with Crippen LogP contribution in [0.3, 0.4) is 0 Å². The minimum absolute atomic E-state index is 0.322. The number of benzene rings is 1. The highest BCUT2D eigenvalue weighted by Crippen LogP contribution is 2.15. The fourth-order valence-corrected chi connectivity index (χ4v) is 1.68. The SMILES string of the molecule is COC(=O)C(C)(N)CCCCOc1cccc(F)c1. The minimum atomic E-state index is -0.965. The third-order valence-corrected chi connectivity index (χ3v) is 2.81. The van der Waals surface area contributed by atoms with E-state index >= 15 is 0 Å². The second kappa shape index (κ2) is 7.09. The smallest absolute Gasteiger partial charge is 0.325 e. The van der Waals surface area contributed by atoms with Crippen LogP contribution in [0.5, 0.6) is 5.75 Å². The van der Waals surface area contributed by atoms with Gasteiger partial charge < -0.3 is 15.2 Å². The van der Waals surface area contributed by atoms with Crippen LogP contribution in [-0.2, 0) is 9.53 Å². The largest absolute Gasteiger partial charge is 0.493 e. The van der Waals surface area contributed by atoms with Gasteiger partial charge in [0.15, 0.2) is 0 Å². The number of carbonyl (C=O) groups is 1. The van der Waals surface area contributed by atoms with E-state index < -0.39 is 11.5 Å². The summed E-state index contributed by atoms with van der Waals surface area (Å²) in [6.45, 7) is 2.10. The maximum atomic E-state index is 12.9. The first-order valence-electron chi connectivity index (χ1n) is 6.21. The minimum Gasteiger partial charge on any atom is -0.493 e. The standard InChI is InChI=1S/C14H20FNO3/c1-14(16,13(17)18-2)8-3-4-9-19-12-7-5-6-11(15)10-12/h5-7,10H,3-4,8-9,16H2,1-2H3. The Bertz CT molecular complexity index is 421. The van der Waals surface area contributed by atoms with Gasteiger partial charge in [-0.3, -0.25) is 4.79 Å². The molecule has 0 aliphatic carbocycles. The molecule has 0 heterocycles. The lowest BCUT2D eigenvalue weighted by molar-refractivity contribution is -0.146. The van der Waals surface area contributed by atoms with Gasteiger partial charge in [-0.25, -0.2) is 4.39 Å². The van der Waals surface area contributed by atoms with Crippen molar-refractivity contribution in [3.05, 3.63) is 30.1 Å². The monoisotopic (exact) mass is 269 g/mol. The highest BCUT2D eigenvalue weighted by molar-refractivity contribution is 5.79. The van der Waals surface area contributed by atoms with Crippen LogP contribution >= 0.6 is 0 Å². The molecular formula is C14H20FNO3. The van der Waals surface area contributed by atoms with E-state index in [-0.39, 0.29) is 5.82 Å². The maximum Gasteiger partial charge on any atom is 0.325 e. The summed E-state index contributed by atoms with van der Waals surface area (Å²) in [6.07, 6.45) is 1.99. The number of unbranched alkanes of at least 4 members (excludes halogenated alkanes) is 1. The van der Waals surface area contributed by atoms with Crippen LogP contribution in [0.25, 0.3) is 0 Å². The van der Waals surface area contributed by atoms with Crippen molar-refractivity contribution in [2.24, 2.45) is 5.73 Å². The molecule has 1 atom stereocenters. The topological polar surface area (TPSA) is 61.5 Å². The van der Waals surface area contributed by atoms with Gasteiger partial charge in [0, 0.05) is 6.07 Å². The fraction of sp³-hybridized carbons (Fsp3) is 0.500. The van der Waals surface area contributed by atoms with Crippen molar-refractivity contribution in [2.75, 3.05) is 13.7 Å². The summed E-state index contributed by atoms with van der Waals surface area (Å²) in [5.41, 5.74) is 4.85. The molecule has 19 heavy (non-hydrogen) atoms. The molecule has 1 aromatic rings. The molecule has 106 valence electrons. The van der Waals surface area contributed by atoms with Gasteiger partial charge in [-0.1, -0.05) is 6.07 Å². The van der Waals surface area contributed by atoms with E-state index in [0.29, 0.717) is 18.8 Å². The molecule has 1 aromatic carbocycles. The number of rotatable bonds is 7. The Kier molecular flexibility index (Phi) is 5.76. The molecule has 0 fully saturated rings. The molecule has 0 saturated heterocycles. The number of halogens is 1. The van der Waals surface area contributed by atoms with E-state index in [1.807, 2.05) is 0 Å². The number of hydrogen-bond donors (Lipinski definition) is 1. The van der Waals surface area contributed by atoms with Gasteiger partial charge in [0.25, 0.3) is 0 Å². The van der Waals surface area contributed by atoms with Crippen LogP contribution < -0.4 is 10.5 Å².